The summed E-state index contributed by atoms with van der Waals surface area (Å²) in [6, 6.07) is 5.42. The highest BCUT2D eigenvalue weighted by atomic mass is 16.5. The summed E-state index contributed by atoms with van der Waals surface area (Å²) in [5.74, 6) is 2.26. The average molecular weight is 281 g/mol. The van der Waals surface area contributed by atoms with E-state index in [0.29, 0.717) is 12.5 Å². The average Bonchev–Trinajstić information content (AvgIpc) is 2.45. The van der Waals surface area contributed by atoms with Crippen molar-refractivity contribution in [3.63, 3.8) is 0 Å². The molecule has 0 fully saturated rings. The van der Waals surface area contributed by atoms with Crippen LogP contribution in [0, 0.1) is 5.92 Å². The molecule has 2 N–H and O–H groups in total. The van der Waals surface area contributed by atoms with E-state index in [0.717, 1.165) is 30.1 Å². The maximum Gasteiger partial charge on any atom is 0.123 e. The zero-order valence-electron chi connectivity index (χ0n) is 13.0. The molecule has 0 bridgehead atoms. The maximum atomic E-state index is 6.18. The molecule has 1 aromatic rings. The van der Waals surface area contributed by atoms with Gasteiger partial charge in [0.1, 0.15) is 11.5 Å². The lowest BCUT2D eigenvalue weighted by atomic mass is 10.1. The Hall–Kier alpha value is -1.26. The molecule has 1 unspecified atom stereocenters. The molecule has 0 heterocycles. The Labute approximate surface area is 122 Å². The number of methoxy groups -OCH3 is 2. The van der Waals surface area contributed by atoms with Crippen LogP contribution >= 0.6 is 0 Å². The first kappa shape index (κ1) is 16.8. The molecule has 0 aliphatic carbocycles. The zero-order valence-corrected chi connectivity index (χ0v) is 13.0. The molecule has 0 saturated heterocycles. The van der Waals surface area contributed by atoms with Crippen molar-refractivity contribution in [1.82, 2.24) is 0 Å². The van der Waals surface area contributed by atoms with Crippen molar-refractivity contribution in [1.29, 1.82) is 0 Å². The minimum Gasteiger partial charge on any atom is -0.497 e. The highest BCUT2D eigenvalue weighted by Gasteiger charge is 2.13. The highest BCUT2D eigenvalue weighted by molar-refractivity contribution is 5.42. The topological polar surface area (TPSA) is 53.7 Å². The number of hydrogen-bond donors (Lipinski definition) is 1. The van der Waals surface area contributed by atoms with Crippen LogP contribution in [-0.4, -0.2) is 27.4 Å². The molecule has 0 spiro atoms. The number of hydrogen-bond acceptors (Lipinski definition) is 4. The van der Waals surface area contributed by atoms with Crippen molar-refractivity contribution in [3.8, 4) is 11.5 Å². The van der Waals surface area contributed by atoms with Gasteiger partial charge in [-0.05, 0) is 37.0 Å². The fourth-order valence-corrected chi connectivity index (χ4v) is 2.02. The van der Waals surface area contributed by atoms with Gasteiger partial charge in [0.05, 0.1) is 26.9 Å². The summed E-state index contributed by atoms with van der Waals surface area (Å²) in [6.45, 7) is 5.67. The summed E-state index contributed by atoms with van der Waals surface area (Å²) in [7, 11) is 3.28. The van der Waals surface area contributed by atoms with Crippen LogP contribution < -0.4 is 15.2 Å². The predicted octanol–water partition coefficient (Wildman–Crippen LogP) is 3.16. The van der Waals surface area contributed by atoms with E-state index in [4.69, 9.17) is 19.9 Å². The van der Waals surface area contributed by atoms with Crippen molar-refractivity contribution in [2.24, 2.45) is 11.7 Å². The third kappa shape index (κ3) is 5.39. The van der Waals surface area contributed by atoms with Gasteiger partial charge in [-0.2, -0.15) is 0 Å². The molecule has 1 atom stereocenters. The van der Waals surface area contributed by atoms with Crippen LogP contribution in [0.2, 0.25) is 0 Å². The molecular formula is C16H27NO3. The normalized spacial score (nSPS) is 12.5. The SMILES string of the molecule is COc1ccc(OC)c(C(N)COCCCC(C)C)c1. The second-order valence-corrected chi connectivity index (χ2v) is 5.33. The van der Waals surface area contributed by atoms with E-state index in [-0.39, 0.29) is 6.04 Å². The Kier molecular flexibility index (Phi) is 7.41. The summed E-state index contributed by atoms with van der Waals surface area (Å²) >= 11 is 0. The van der Waals surface area contributed by atoms with Crippen LogP contribution in [0.5, 0.6) is 11.5 Å². The van der Waals surface area contributed by atoms with Crippen LogP contribution in [0.1, 0.15) is 38.3 Å². The van der Waals surface area contributed by atoms with Crippen molar-refractivity contribution in [3.05, 3.63) is 23.8 Å². The van der Waals surface area contributed by atoms with Gasteiger partial charge < -0.3 is 19.9 Å². The van der Waals surface area contributed by atoms with Gasteiger partial charge in [-0.3, -0.25) is 0 Å². The van der Waals surface area contributed by atoms with E-state index in [2.05, 4.69) is 13.8 Å². The second kappa shape index (κ2) is 8.82. The van der Waals surface area contributed by atoms with Crippen LogP contribution in [0.4, 0.5) is 0 Å². The molecule has 0 amide bonds. The zero-order chi connectivity index (χ0) is 15.0. The molecule has 0 saturated carbocycles. The smallest absolute Gasteiger partial charge is 0.123 e. The third-order valence-electron chi connectivity index (χ3n) is 3.20. The maximum absolute atomic E-state index is 6.18. The standard InChI is InChI=1S/C16H27NO3/c1-12(2)6-5-9-20-11-15(17)14-10-13(18-3)7-8-16(14)19-4/h7-8,10,12,15H,5-6,9,11,17H2,1-4H3. The van der Waals surface area contributed by atoms with Gasteiger partial charge in [0.25, 0.3) is 0 Å². The summed E-state index contributed by atoms with van der Waals surface area (Å²) in [4.78, 5) is 0. The molecule has 0 aliphatic rings. The Bertz CT molecular complexity index is 393. The number of nitrogens with two attached hydrogens (primary N) is 1. The van der Waals surface area contributed by atoms with Crippen LogP contribution in [-0.2, 0) is 4.74 Å². The molecule has 1 aromatic carbocycles. The minimum atomic E-state index is -0.209. The molecular weight excluding hydrogens is 254 g/mol. The summed E-state index contributed by atoms with van der Waals surface area (Å²) in [6.07, 6.45) is 2.25. The van der Waals surface area contributed by atoms with Crippen LogP contribution in [0.15, 0.2) is 18.2 Å². The van der Waals surface area contributed by atoms with Gasteiger partial charge in [0.2, 0.25) is 0 Å². The van der Waals surface area contributed by atoms with Gasteiger partial charge in [-0.25, -0.2) is 0 Å². The van der Waals surface area contributed by atoms with E-state index in [9.17, 15) is 0 Å². The molecule has 1 rings (SSSR count). The van der Waals surface area contributed by atoms with Gasteiger partial charge in [-0.1, -0.05) is 13.8 Å². The van der Waals surface area contributed by atoms with Gasteiger partial charge in [-0.15, -0.1) is 0 Å². The van der Waals surface area contributed by atoms with E-state index < -0.39 is 0 Å². The summed E-state index contributed by atoms with van der Waals surface area (Å²) in [5.41, 5.74) is 7.09. The first-order valence-electron chi connectivity index (χ1n) is 7.13. The number of ether oxygens (including phenoxy) is 3. The van der Waals surface area contributed by atoms with Crippen LogP contribution in [0.3, 0.4) is 0 Å². The highest BCUT2D eigenvalue weighted by Crippen LogP contribution is 2.28. The molecule has 4 heteroatoms. The van der Waals surface area contributed by atoms with E-state index in [1.165, 1.54) is 6.42 Å². The van der Waals surface area contributed by atoms with Gasteiger partial charge in [0, 0.05) is 12.2 Å². The first-order valence-corrected chi connectivity index (χ1v) is 7.13. The molecule has 0 aliphatic heterocycles. The monoisotopic (exact) mass is 281 g/mol. The van der Waals surface area contributed by atoms with E-state index >= 15 is 0 Å². The van der Waals surface area contributed by atoms with Crippen LogP contribution in [0.25, 0.3) is 0 Å². The van der Waals surface area contributed by atoms with E-state index in [1.54, 1.807) is 14.2 Å². The molecule has 0 radical (unpaired) electrons. The number of benzene rings is 1. The Morgan fingerprint density at radius 2 is 1.90 bits per heavy atom. The predicted molar refractivity (Wildman–Crippen MR) is 81.4 cm³/mol. The fraction of sp³-hybridized carbons (Fsp3) is 0.625. The van der Waals surface area contributed by atoms with Crippen molar-refractivity contribution >= 4 is 0 Å². The Morgan fingerprint density at radius 1 is 1.15 bits per heavy atom. The largest absolute Gasteiger partial charge is 0.497 e. The Morgan fingerprint density at radius 3 is 2.50 bits per heavy atom. The minimum absolute atomic E-state index is 0.209. The summed E-state index contributed by atoms with van der Waals surface area (Å²) in [5, 5.41) is 0. The third-order valence-corrected chi connectivity index (χ3v) is 3.20. The quantitative estimate of drug-likeness (QED) is 0.706. The lowest BCUT2D eigenvalue weighted by Crippen LogP contribution is -2.18. The second-order valence-electron chi connectivity index (χ2n) is 5.33. The first-order chi connectivity index (χ1) is 9.58. The summed E-state index contributed by atoms with van der Waals surface area (Å²) < 4.78 is 16.2. The van der Waals surface area contributed by atoms with Crippen molar-refractivity contribution < 1.29 is 14.2 Å². The van der Waals surface area contributed by atoms with E-state index in [1.807, 2.05) is 18.2 Å². The van der Waals surface area contributed by atoms with Crippen molar-refractivity contribution in [2.45, 2.75) is 32.7 Å². The lowest BCUT2D eigenvalue weighted by Gasteiger charge is -2.17. The van der Waals surface area contributed by atoms with Crippen molar-refractivity contribution in [2.75, 3.05) is 27.4 Å². The van der Waals surface area contributed by atoms with Gasteiger partial charge in [0.15, 0.2) is 0 Å². The fourth-order valence-electron chi connectivity index (χ4n) is 2.02. The molecule has 114 valence electrons. The molecule has 20 heavy (non-hydrogen) atoms. The molecule has 4 nitrogen and oxygen atoms in total. The van der Waals surface area contributed by atoms with Gasteiger partial charge >= 0.3 is 0 Å². The molecule has 0 aromatic heterocycles. The Balaban J connectivity index is 2.51. The number of rotatable bonds is 9. The lowest BCUT2D eigenvalue weighted by molar-refractivity contribution is 0.114.